The third-order valence-electron chi connectivity index (χ3n) is 4.42. The lowest BCUT2D eigenvalue weighted by atomic mass is 9.96. The van der Waals surface area contributed by atoms with Crippen molar-refractivity contribution in [3.8, 4) is 5.75 Å². The van der Waals surface area contributed by atoms with E-state index in [0.717, 1.165) is 27.0 Å². The van der Waals surface area contributed by atoms with Gasteiger partial charge in [-0.05, 0) is 59.7 Å². The van der Waals surface area contributed by atoms with Gasteiger partial charge in [-0.2, -0.15) is 0 Å². The van der Waals surface area contributed by atoms with E-state index in [2.05, 4.69) is 21.2 Å². The number of rotatable bonds is 7. The Hall–Kier alpha value is -2.01. The van der Waals surface area contributed by atoms with Crippen LogP contribution in [-0.4, -0.2) is 12.2 Å². The van der Waals surface area contributed by atoms with Crippen molar-refractivity contribution in [3.63, 3.8) is 0 Å². The van der Waals surface area contributed by atoms with Gasteiger partial charge in [-0.3, -0.25) is 0 Å². The molecule has 2 unspecified atom stereocenters. The van der Waals surface area contributed by atoms with Crippen molar-refractivity contribution in [1.29, 1.82) is 0 Å². The van der Waals surface area contributed by atoms with Crippen LogP contribution in [0.3, 0.4) is 0 Å². The summed E-state index contributed by atoms with van der Waals surface area (Å²) in [6, 6.07) is 23.1. The molecule has 0 aliphatic carbocycles. The van der Waals surface area contributed by atoms with Gasteiger partial charge in [0, 0.05) is 21.6 Å². The van der Waals surface area contributed by atoms with E-state index in [-0.39, 0.29) is 6.04 Å². The Kier molecular flexibility index (Phi) is 6.78. The summed E-state index contributed by atoms with van der Waals surface area (Å²) in [4.78, 5) is 0. The van der Waals surface area contributed by atoms with Gasteiger partial charge in [0.1, 0.15) is 5.75 Å². The molecule has 0 saturated carbocycles. The molecule has 2 atom stereocenters. The second-order valence-corrected chi connectivity index (χ2v) is 7.63. The number of hydrogen-bond acceptors (Lipinski definition) is 3. The van der Waals surface area contributed by atoms with Gasteiger partial charge in [-0.15, -0.1) is 0 Å². The summed E-state index contributed by atoms with van der Waals surface area (Å²) in [5.74, 6) is 0.803. The average molecular weight is 447 g/mol. The lowest BCUT2D eigenvalue weighted by Crippen LogP contribution is -2.15. The first-order valence-corrected chi connectivity index (χ1v) is 9.82. The van der Waals surface area contributed by atoms with E-state index in [1.54, 1.807) is 7.11 Å². The first-order chi connectivity index (χ1) is 13.0. The molecule has 0 saturated heterocycles. The predicted molar refractivity (Wildman–Crippen MR) is 115 cm³/mol. The highest BCUT2D eigenvalue weighted by atomic mass is 79.9. The normalized spacial score (nSPS) is 13.0. The monoisotopic (exact) mass is 445 g/mol. The zero-order valence-electron chi connectivity index (χ0n) is 14.9. The van der Waals surface area contributed by atoms with Crippen molar-refractivity contribution < 1.29 is 9.84 Å². The molecule has 140 valence electrons. The fourth-order valence-corrected chi connectivity index (χ4v) is 3.30. The van der Waals surface area contributed by atoms with Crippen LogP contribution in [0.5, 0.6) is 5.75 Å². The standard InChI is InChI=1S/C22H21BrClNO2/c1-27-20-12-4-15(5-13-20)21(25-19-10-8-18(24)9-11-19)14-22(26)16-2-6-17(23)7-3-16/h2-13,21-22,25-26H,14H2,1H3. The van der Waals surface area contributed by atoms with E-state index >= 15 is 0 Å². The van der Waals surface area contributed by atoms with Crippen LogP contribution in [0, 0.1) is 0 Å². The lowest BCUT2D eigenvalue weighted by molar-refractivity contribution is 0.160. The SMILES string of the molecule is COc1ccc(C(CC(O)c2ccc(Br)cc2)Nc2ccc(Cl)cc2)cc1. The fourth-order valence-electron chi connectivity index (χ4n) is 2.91. The van der Waals surface area contributed by atoms with E-state index in [4.69, 9.17) is 16.3 Å². The largest absolute Gasteiger partial charge is 0.497 e. The van der Waals surface area contributed by atoms with E-state index in [9.17, 15) is 5.11 Å². The van der Waals surface area contributed by atoms with Gasteiger partial charge in [0.05, 0.1) is 19.3 Å². The highest BCUT2D eigenvalue weighted by Crippen LogP contribution is 2.31. The zero-order chi connectivity index (χ0) is 19.2. The number of nitrogens with one attached hydrogen (secondary N) is 1. The number of aliphatic hydroxyl groups excluding tert-OH is 1. The number of methoxy groups -OCH3 is 1. The van der Waals surface area contributed by atoms with E-state index in [1.165, 1.54) is 0 Å². The molecule has 3 aromatic carbocycles. The molecule has 0 aliphatic heterocycles. The molecule has 0 radical (unpaired) electrons. The Bertz CT molecular complexity index is 851. The minimum atomic E-state index is -0.593. The summed E-state index contributed by atoms with van der Waals surface area (Å²) < 4.78 is 6.24. The van der Waals surface area contributed by atoms with Crippen LogP contribution in [0.4, 0.5) is 5.69 Å². The molecule has 27 heavy (non-hydrogen) atoms. The molecular formula is C22H21BrClNO2. The Morgan fingerprint density at radius 3 is 2.11 bits per heavy atom. The van der Waals surface area contributed by atoms with Crippen molar-refractivity contribution in [2.45, 2.75) is 18.6 Å². The first-order valence-electron chi connectivity index (χ1n) is 8.65. The molecule has 5 heteroatoms. The van der Waals surface area contributed by atoms with E-state index < -0.39 is 6.10 Å². The Morgan fingerprint density at radius 2 is 1.52 bits per heavy atom. The highest BCUT2D eigenvalue weighted by Gasteiger charge is 2.18. The van der Waals surface area contributed by atoms with Crippen molar-refractivity contribution in [1.82, 2.24) is 0 Å². The quantitative estimate of drug-likeness (QED) is 0.442. The highest BCUT2D eigenvalue weighted by molar-refractivity contribution is 9.10. The van der Waals surface area contributed by atoms with Gasteiger partial charge in [0.2, 0.25) is 0 Å². The minimum Gasteiger partial charge on any atom is -0.497 e. The maximum atomic E-state index is 10.8. The number of halogens is 2. The maximum Gasteiger partial charge on any atom is 0.118 e. The van der Waals surface area contributed by atoms with Crippen LogP contribution >= 0.6 is 27.5 Å². The first kappa shape index (κ1) is 19.7. The van der Waals surface area contributed by atoms with Gasteiger partial charge in [0.25, 0.3) is 0 Å². The Morgan fingerprint density at radius 1 is 0.926 bits per heavy atom. The fraction of sp³-hybridized carbons (Fsp3) is 0.182. The number of benzene rings is 3. The second-order valence-electron chi connectivity index (χ2n) is 6.28. The molecule has 0 heterocycles. The molecule has 3 aromatic rings. The van der Waals surface area contributed by atoms with Crippen LogP contribution < -0.4 is 10.1 Å². The summed E-state index contributed by atoms with van der Waals surface area (Å²) in [6.07, 6.45) is -0.0682. The second kappa shape index (κ2) is 9.27. The summed E-state index contributed by atoms with van der Waals surface area (Å²) in [6.45, 7) is 0. The number of anilines is 1. The topological polar surface area (TPSA) is 41.5 Å². The van der Waals surface area contributed by atoms with Crippen molar-refractivity contribution in [2.24, 2.45) is 0 Å². The Labute approximate surface area is 173 Å². The summed E-state index contributed by atoms with van der Waals surface area (Å²) in [5, 5.41) is 15.0. The molecule has 3 nitrogen and oxygen atoms in total. The number of ether oxygens (including phenoxy) is 1. The molecule has 2 N–H and O–H groups in total. The van der Waals surface area contributed by atoms with Crippen LogP contribution in [0.25, 0.3) is 0 Å². The number of aliphatic hydroxyl groups is 1. The molecule has 0 aliphatic rings. The minimum absolute atomic E-state index is 0.0734. The van der Waals surface area contributed by atoms with Gasteiger partial charge < -0.3 is 15.2 Å². The van der Waals surface area contributed by atoms with Gasteiger partial charge in [-0.1, -0.05) is 51.8 Å². The maximum absolute atomic E-state index is 10.8. The van der Waals surface area contributed by atoms with Gasteiger partial charge >= 0.3 is 0 Å². The van der Waals surface area contributed by atoms with E-state index in [1.807, 2.05) is 72.8 Å². The third kappa shape index (κ3) is 5.48. The smallest absolute Gasteiger partial charge is 0.118 e. The molecule has 0 bridgehead atoms. The molecule has 0 amide bonds. The predicted octanol–water partition coefficient (Wildman–Crippen LogP) is 6.39. The van der Waals surface area contributed by atoms with E-state index in [0.29, 0.717) is 11.4 Å². The Balaban J connectivity index is 1.83. The molecule has 0 fully saturated rings. The lowest BCUT2D eigenvalue weighted by Gasteiger charge is -2.24. The summed E-state index contributed by atoms with van der Waals surface area (Å²) in [7, 11) is 1.65. The van der Waals surface area contributed by atoms with Gasteiger partial charge in [-0.25, -0.2) is 0 Å². The summed E-state index contributed by atoms with van der Waals surface area (Å²) >= 11 is 9.42. The third-order valence-corrected chi connectivity index (χ3v) is 5.20. The molecule has 0 spiro atoms. The van der Waals surface area contributed by atoms with Crippen LogP contribution in [0.2, 0.25) is 5.02 Å². The van der Waals surface area contributed by atoms with Crippen LogP contribution in [0.1, 0.15) is 29.7 Å². The van der Waals surface area contributed by atoms with Gasteiger partial charge in [0.15, 0.2) is 0 Å². The average Bonchev–Trinajstić information content (AvgIpc) is 2.69. The van der Waals surface area contributed by atoms with Crippen LogP contribution in [-0.2, 0) is 0 Å². The summed E-state index contributed by atoms with van der Waals surface area (Å²) in [5.41, 5.74) is 2.90. The van der Waals surface area contributed by atoms with Crippen molar-refractivity contribution in [2.75, 3.05) is 12.4 Å². The number of hydrogen-bond donors (Lipinski definition) is 2. The van der Waals surface area contributed by atoms with Crippen LogP contribution in [0.15, 0.2) is 77.3 Å². The molecule has 0 aromatic heterocycles. The molecule has 3 rings (SSSR count). The van der Waals surface area contributed by atoms with Crippen molar-refractivity contribution >= 4 is 33.2 Å². The van der Waals surface area contributed by atoms with Crippen molar-refractivity contribution in [3.05, 3.63) is 93.4 Å². The zero-order valence-corrected chi connectivity index (χ0v) is 17.2. The molecular weight excluding hydrogens is 426 g/mol.